The Bertz CT molecular complexity index is 325. The maximum atomic E-state index is 11.7. The minimum absolute atomic E-state index is 0.285. The summed E-state index contributed by atoms with van der Waals surface area (Å²) in [5.41, 5.74) is 0. The average molecular weight is 247 g/mol. The number of nitrogens with zero attached hydrogens (tertiary/aromatic N) is 2. The van der Waals surface area contributed by atoms with Gasteiger partial charge < -0.3 is 5.32 Å². The van der Waals surface area contributed by atoms with Crippen molar-refractivity contribution in [3.63, 3.8) is 0 Å². The van der Waals surface area contributed by atoms with Gasteiger partial charge in [-0.1, -0.05) is 6.92 Å². The molecular formula is C10H21N3O2S. The molecule has 1 N–H and O–H groups in total. The van der Waals surface area contributed by atoms with Gasteiger partial charge >= 0.3 is 0 Å². The van der Waals surface area contributed by atoms with Gasteiger partial charge in [0.05, 0.1) is 5.75 Å². The normalized spacial score (nSPS) is 31.9. The molecule has 0 aromatic rings. The molecule has 16 heavy (non-hydrogen) atoms. The molecule has 0 radical (unpaired) electrons. The van der Waals surface area contributed by atoms with Crippen molar-refractivity contribution in [1.82, 2.24) is 14.5 Å². The molecule has 1 unspecified atom stereocenters. The maximum Gasteiger partial charge on any atom is 0.214 e. The van der Waals surface area contributed by atoms with E-state index in [1.165, 1.54) is 0 Å². The smallest absolute Gasteiger partial charge is 0.214 e. The molecule has 0 spiro atoms. The second kappa shape index (κ2) is 5.00. The Balaban J connectivity index is 1.81. The predicted molar refractivity (Wildman–Crippen MR) is 63.8 cm³/mol. The van der Waals surface area contributed by atoms with Gasteiger partial charge in [-0.3, -0.25) is 4.90 Å². The van der Waals surface area contributed by atoms with Crippen LogP contribution in [-0.2, 0) is 10.0 Å². The van der Waals surface area contributed by atoms with Crippen LogP contribution in [0.25, 0.3) is 0 Å². The van der Waals surface area contributed by atoms with E-state index < -0.39 is 10.0 Å². The van der Waals surface area contributed by atoms with Crippen molar-refractivity contribution >= 4 is 10.0 Å². The lowest BCUT2D eigenvalue weighted by molar-refractivity contribution is 0.223. The molecule has 2 heterocycles. The number of piperazine rings is 1. The first kappa shape index (κ1) is 12.3. The minimum Gasteiger partial charge on any atom is -0.314 e. The van der Waals surface area contributed by atoms with E-state index in [4.69, 9.17) is 0 Å². The quantitative estimate of drug-likeness (QED) is 0.707. The van der Waals surface area contributed by atoms with Crippen LogP contribution in [0.2, 0.25) is 0 Å². The van der Waals surface area contributed by atoms with Crippen molar-refractivity contribution in [1.29, 1.82) is 0 Å². The molecule has 2 rings (SSSR count). The molecule has 0 aromatic heterocycles. The summed E-state index contributed by atoms with van der Waals surface area (Å²) in [6.07, 6.45) is 0. The average Bonchev–Trinajstić information content (AvgIpc) is 2.50. The maximum absolute atomic E-state index is 11.7. The summed E-state index contributed by atoms with van der Waals surface area (Å²) in [5.74, 6) is 0.613. The molecule has 2 aliphatic rings. The van der Waals surface area contributed by atoms with E-state index in [2.05, 4.69) is 10.2 Å². The zero-order valence-corrected chi connectivity index (χ0v) is 10.7. The summed E-state index contributed by atoms with van der Waals surface area (Å²) >= 11 is 0. The fourth-order valence-electron chi connectivity index (χ4n) is 2.40. The number of hydrogen-bond donors (Lipinski definition) is 1. The molecule has 0 aromatic carbocycles. The summed E-state index contributed by atoms with van der Waals surface area (Å²) < 4.78 is 25.1. The van der Waals surface area contributed by atoms with Crippen LogP contribution in [0, 0.1) is 5.92 Å². The van der Waals surface area contributed by atoms with Crippen LogP contribution >= 0.6 is 0 Å². The number of hydrogen-bond acceptors (Lipinski definition) is 4. The summed E-state index contributed by atoms with van der Waals surface area (Å²) in [7, 11) is -2.95. The lowest BCUT2D eigenvalue weighted by Crippen LogP contribution is -2.46. The highest BCUT2D eigenvalue weighted by atomic mass is 32.2. The van der Waals surface area contributed by atoms with Crippen molar-refractivity contribution in [3.05, 3.63) is 0 Å². The van der Waals surface area contributed by atoms with E-state index in [9.17, 15) is 8.42 Å². The van der Waals surface area contributed by atoms with Gasteiger partial charge in [0, 0.05) is 45.8 Å². The third-order valence-corrected chi connectivity index (χ3v) is 5.39. The van der Waals surface area contributed by atoms with E-state index in [-0.39, 0.29) is 5.92 Å². The van der Waals surface area contributed by atoms with Crippen molar-refractivity contribution in [3.8, 4) is 0 Å². The zero-order valence-electron chi connectivity index (χ0n) is 9.85. The molecule has 0 bridgehead atoms. The highest BCUT2D eigenvalue weighted by Crippen LogP contribution is 2.18. The Morgan fingerprint density at radius 3 is 2.50 bits per heavy atom. The topological polar surface area (TPSA) is 52.6 Å². The molecule has 1 atom stereocenters. The van der Waals surface area contributed by atoms with Crippen molar-refractivity contribution in [2.45, 2.75) is 6.92 Å². The third-order valence-electron chi connectivity index (χ3n) is 3.28. The van der Waals surface area contributed by atoms with Gasteiger partial charge in [-0.15, -0.1) is 0 Å². The van der Waals surface area contributed by atoms with Gasteiger partial charge in [-0.2, -0.15) is 0 Å². The fourth-order valence-corrected chi connectivity index (χ4v) is 4.27. The van der Waals surface area contributed by atoms with Crippen molar-refractivity contribution < 1.29 is 8.42 Å². The van der Waals surface area contributed by atoms with Crippen LogP contribution in [0.4, 0.5) is 0 Å². The second-order valence-corrected chi connectivity index (χ2v) is 6.85. The molecule has 94 valence electrons. The molecule has 2 saturated heterocycles. The molecule has 6 heteroatoms. The second-order valence-electron chi connectivity index (χ2n) is 4.83. The Labute approximate surface area is 97.8 Å². The summed E-state index contributed by atoms with van der Waals surface area (Å²) in [6, 6.07) is 0. The molecular weight excluding hydrogens is 226 g/mol. The Morgan fingerprint density at radius 2 is 1.94 bits per heavy atom. The van der Waals surface area contributed by atoms with E-state index in [0.29, 0.717) is 18.8 Å². The van der Waals surface area contributed by atoms with Gasteiger partial charge in [0.2, 0.25) is 10.0 Å². The van der Waals surface area contributed by atoms with Crippen LogP contribution in [0.3, 0.4) is 0 Å². The van der Waals surface area contributed by atoms with Crippen molar-refractivity contribution in [2.75, 3.05) is 51.6 Å². The molecule has 5 nitrogen and oxygen atoms in total. The summed E-state index contributed by atoms with van der Waals surface area (Å²) in [5, 5.41) is 3.29. The first-order valence-electron chi connectivity index (χ1n) is 5.99. The van der Waals surface area contributed by atoms with Gasteiger partial charge in [-0.25, -0.2) is 12.7 Å². The molecule has 2 fully saturated rings. The highest BCUT2D eigenvalue weighted by molar-refractivity contribution is 7.89. The van der Waals surface area contributed by atoms with Crippen LogP contribution in [0.15, 0.2) is 0 Å². The first-order chi connectivity index (χ1) is 7.58. The fraction of sp³-hybridized carbons (Fsp3) is 1.00. The summed E-state index contributed by atoms with van der Waals surface area (Å²) in [4.78, 5) is 2.33. The molecule has 0 aliphatic carbocycles. The van der Waals surface area contributed by atoms with Gasteiger partial charge in [0.1, 0.15) is 0 Å². The lowest BCUT2D eigenvalue weighted by Gasteiger charge is -2.28. The van der Waals surface area contributed by atoms with E-state index in [0.717, 1.165) is 32.7 Å². The van der Waals surface area contributed by atoms with Gasteiger partial charge in [-0.05, 0) is 5.92 Å². The number of nitrogens with one attached hydrogen (secondary N) is 1. The van der Waals surface area contributed by atoms with Gasteiger partial charge in [0.25, 0.3) is 0 Å². The zero-order chi connectivity index (χ0) is 11.6. The monoisotopic (exact) mass is 247 g/mol. The largest absolute Gasteiger partial charge is 0.314 e. The van der Waals surface area contributed by atoms with Crippen LogP contribution in [-0.4, -0.2) is 69.2 Å². The predicted octanol–water partition coefficient (Wildman–Crippen LogP) is -0.827. The Kier molecular flexibility index (Phi) is 3.84. The standard InChI is InChI=1S/C10H21N3O2S/c1-10-8-13(16(14,15)9-10)7-6-12-4-2-11-3-5-12/h10-11H,2-9H2,1H3. The Morgan fingerprint density at radius 1 is 1.25 bits per heavy atom. The van der Waals surface area contributed by atoms with Crippen LogP contribution in [0.5, 0.6) is 0 Å². The Hall–Kier alpha value is -0.170. The molecule has 0 saturated carbocycles. The molecule has 0 amide bonds. The number of sulfonamides is 1. The number of rotatable bonds is 3. The van der Waals surface area contributed by atoms with E-state index in [1.807, 2.05) is 6.92 Å². The first-order valence-corrected chi connectivity index (χ1v) is 7.60. The van der Waals surface area contributed by atoms with Gasteiger partial charge in [0.15, 0.2) is 0 Å². The minimum atomic E-state index is -2.95. The van der Waals surface area contributed by atoms with E-state index in [1.54, 1.807) is 4.31 Å². The lowest BCUT2D eigenvalue weighted by atomic mass is 10.2. The third kappa shape index (κ3) is 2.94. The van der Waals surface area contributed by atoms with Crippen molar-refractivity contribution in [2.24, 2.45) is 5.92 Å². The van der Waals surface area contributed by atoms with Crippen LogP contribution in [0.1, 0.15) is 6.92 Å². The summed E-state index contributed by atoms with van der Waals surface area (Å²) in [6.45, 7) is 8.33. The van der Waals surface area contributed by atoms with Crippen LogP contribution < -0.4 is 5.32 Å². The molecule has 2 aliphatic heterocycles. The highest BCUT2D eigenvalue weighted by Gasteiger charge is 2.33. The van der Waals surface area contributed by atoms with E-state index >= 15 is 0 Å². The SMILES string of the molecule is CC1CN(CCN2CCNCC2)S(=O)(=O)C1.